The number of ketones is 1. The molecule has 1 aliphatic carbocycles. The molecule has 1 aliphatic rings. The quantitative estimate of drug-likeness (QED) is 0.479. The predicted octanol–water partition coefficient (Wildman–Crippen LogP) is 3.57. The van der Waals surface area contributed by atoms with Gasteiger partial charge in [-0.1, -0.05) is 48.3 Å². The lowest BCUT2D eigenvalue weighted by Gasteiger charge is -2.41. The summed E-state index contributed by atoms with van der Waals surface area (Å²) in [5.41, 5.74) is 0.708. The Labute approximate surface area is 141 Å². The van der Waals surface area contributed by atoms with Gasteiger partial charge in [-0.2, -0.15) is 4.99 Å². The zero-order chi connectivity index (χ0) is 16.2. The number of benzene rings is 1. The lowest BCUT2D eigenvalue weighted by atomic mass is 9.62. The van der Waals surface area contributed by atoms with Crippen LogP contribution >= 0.6 is 23.4 Å². The summed E-state index contributed by atoms with van der Waals surface area (Å²) in [4.78, 5) is 18.6. The van der Waals surface area contributed by atoms with Crippen molar-refractivity contribution in [2.24, 2.45) is 4.99 Å². The van der Waals surface area contributed by atoms with Crippen LogP contribution in [0, 0.1) is 12.5 Å². The molecule has 0 radical (unpaired) electrons. The molecule has 1 saturated carbocycles. The fourth-order valence-electron chi connectivity index (χ4n) is 2.61. The fourth-order valence-corrected chi connectivity index (χ4v) is 3.65. The van der Waals surface area contributed by atoms with E-state index in [1.807, 2.05) is 43.3 Å². The van der Waals surface area contributed by atoms with Gasteiger partial charge in [-0.15, -0.1) is 0 Å². The van der Waals surface area contributed by atoms with Gasteiger partial charge in [0, 0.05) is 25.2 Å². The highest BCUT2D eigenvalue weighted by Crippen LogP contribution is 2.45. The molecule has 1 aromatic rings. The molecule has 22 heavy (non-hydrogen) atoms. The Balaban J connectivity index is 2.11. The molecule has 0 unspecified atom stereocenters. The number of amidine groups is 1. The topological polar surface area (TPSA) is 32.7 Å². The largest absolute Gasteiger partial charge is 0.357 e. The molecular weight excluding hydrogens is 316 g/mol. The smallest absolute Gasteiger partial charge is 0.173 e. The van der Waals surface area contributed by atoms with Crippen molar-refractivity contribution in [3.63, 3.8) is 0 Å². The van der Waals surface area contributed by atoms with Crippen molar-refractivity contribution < 1.29 is 4.79 Å². The molecule has 0 amide bonds. The van der Waals surface area contributed by atoms with Crippen LogP contribution in [0.2, 0.25) is 5.02 Å². The van der Waals surface area contributed by atoms with Crippen LogP contribution in [0.15, 0.2) is 29.3 Å². The van der Waals surface area contributed by atoms with Crippen molar-refractivity contribution in [1.29, 1.82) is 0 Å². The number of carbonyl (C=O) groups is 1. The maximum Gasteiger partial charge on any atom is 0.173 e. The summed E-state index contributed by atoms with van der Waals surface area (Å²) in [6, 6.07) is 9.91. The molecule has 0 bridgehead atoms. The van der Waals surface area contributed by atoms with E-state index in [1.165, 1.54) is 11.8 Å². The highest BCUT2D eigenvalue weighted by molar-refractivity contribution is 8.14. The van der Waals surface area contributed by atoms with Crippen LogP contribution in [0.1, 0.15) is 24.8 Å². The molecule has 0 spiro atoms. The van der Waals surface area contributed by atoms with Crippen molar-refractivity contribution in [2.75, 3.05) is 19.8 Å². The third-order valence-electron chi connectivity index (χ3n) is 4.01. The number of carbonyl (C=O) groups excluding carboxylic acids is 1. The first-order valence-corrected chi connectivity index (χ1v) is 8.49. The van der Waals surface area contributed by atoms with Gasteiger partial charge in [0.1, 0.15) is 0 Å². The second-order valence-electron chi connectivity index (χ2n) is 5.57. The van der Waals surface area contributed by atoms with Gasteiger partial charge >= 0.3 is 0 Å². The maximum atomic E-state index is 12.8. The Hall–Kier alpha value is -1.44. The minimum atomic E-state index is -0.356. The molecule has 5 heteroatoms. The van der Waals surface area contributed by atoms with Gasteiger partial charge in [0.25, 0.3) is 0 Å². The normalized spacial score (nSPS) is 16.5. The lowest BCUT2D eigenvalue weighted by molar-refractivity contribution is -0.124. The first-order chi connectivity index (χ1) is 10.5. The van der Waals surface area contributed by atoms with Crippen LogP contribution in [-0.2, 0) is 10.2 Å². The number of rotatable bonds is 4. The standard InChI is InChI=1S/C17H19ClN2OS/c1-4-19-16(20(2)3)22-12-15(21)17(10-5-11-17)13-6-8-14(18)9-7-13/h1,6-9H,5,10-12H2,2-3H3. The third kappa shape index (κ3) is 3.48. The number of halogens is 1. The number of hydrogen-bond acceptors (Lipinski definition) is 3. The van der Waals surface area contributed by atoms with Crippen molar-refractivity contribution in [1.82, 2.24) is 4.90 Å². The average Bonchev–Trinajstić information content (AvgIpc) is 2.44. The van der Waals surface area contributed by atoms with Gasteiger partial charge in [0.05, 0.1) is 11.2 Å². The van der Waals surface area contributed by atoms with Crippen LogP contribution in [0.3, 0.4) is 0 Å². The van der Waals surface area contributed by atoms with E-state index in [9.17, 15) is 4.79 Å². The monoisotopic (exact) mass is 334 g/mol. The van der Waals surface area contributed by atoms with E-state index < -0.39 is 0 Å². The Kier molecular flexibility index (Phi) is 5.55. The Morgan fingerprint density at radius 1 is 1.41 bits per heavy atom. The van der Waals surface area contributed by atoms with E-state index in [0.717, 1.165) is 24.8 Å². The van der Waals surface area contributed by atoms with Crippen molar-refractivity contribution in [3.05, 3.63) is 34.9 Å². The first-order valence-electron chi connectivity index (χ1n) is 7.12. The van der Waals surface area contributed by atoms with Crippen LogP contribution < -0.4 is 0 Å². The first kappa shape index (κ1) is 16.9. The van der Waals surface area contributed by atoms with Crippen LogP contribution in [0.25, 0.3) is 0 Å². The molecule has 0 aliphatic heterocycles. The predicted molar refractivity (Wildman–Crippen MR) is 94.4 cm³/mol. The summed E-state index contributed by atoms with van der Waals surface area (Å²) in [5.74, 6) is 0.610. The number of Topliss-reactive ketones (excluding diaryl/α,β-unsaturated/α-hetero) is 1. The number of aliphatic imine (C=N–C) groups is 1. The van der Waals surface area contributed by atoms with Gasteiger partial charge in [0.15, 0.2) is 11.0 Å². The van der Waals surface area contributed by atoms with Crippen LogP contribution in [0.4, 0.5) is 0 Å². The number of nitrogens with zero attached hydrogens (tertiary/aromatic N) is 2. The van der Waals surface area contributed by atoms with E-state index in [2.05, 4.69) is 11.0 Å². The molecule has 0 atom stereocenters. The van der Waals surface area contributed by atoms with Crippen molar-refractivity contribution >= 4 is 34.3 Å². The SMILES string of the molecule is C#CN=C(SCC(=O)C1(c2ccc(Cl)cc2)CCC1)N(C)C. The highest BCUT2D eigenvalue weighted by atomic mass is 35.5. The molecule has 3 nitrogen and oxygen atoms in total. The van der Waals surface area contributed by atoms with Gasteiger partial charge in [-0.25, -0.2) is 0 Å². The van der Waals surface area contributed by atoms with Gasteiger partial charge in [-0.3, -0.25) is 4.79 Å². The van der Waals surface area contributed by atoms with Gasteiger partial charge in [0.2, 0.25) is 0 Å². The van der Waals surface area contributed by atoms with Crippen molar-refractivity contribution in [2.45, 2.75) is 24.7 Å². The molecule has 0 aromatic heterocycles. The minimum absolute atomic E-state index is 0.234. The fraction of sp³-hybridized carbons (Fsp3) is 0.412. The molecule has 1 fully saturated rings. The van der Waals surface area contributed by atoms with E-state index in [0.29, 0.717) is 15.9 Å². The molecule has 2 rings (SSSR count). The molecule has 0 N–H and O–H groups in total. The summed E-state index contributed by atoms with van der Waals surface area (Å²) in [6.45, 7) is 0. The molecule has 0 saturated heterocycles. The summed E-state index contributed by atoms with van der Waals surface area (Å²) in [6.07, 6.45) is 8.11. The summed E-state index contributed by atoms with van der Waals surface area (Å²) in [5, 5.41) is 1.37. The molecule has 116 valence electrons. The second-order valence-corrected chi connectivity index (χ2v) is 6.95. The summed E-state index contributed by atoms with van der Waals surface area (Å²) in [7, 11) is 3.73. The number of thioether (sulfide) groups is 1. The molecule has 1 aromatic carbocycles. The van der Waals surface area contributed by atoms with Crippen molar-refractivity contribution in [3.8, 4) is 12.5 Å². The summed E-state index contributed by atoms with van der Waals surface area (Å²) < 4.78 is 0. The molecular formula is C17H19ClN2OS. The number of terminal acetylenes is 1. The van der Waals surface area contributed by atoms with Crippen LogP contribution in [0.5, 0.6) is 0 Å². The lowest BCUT2D eigenvalue weighted by Crippen LogP contribution is -2.43. The Morgan fingerprint density at radius 3 is 2.50 bits per heavy atom. The zero-order valence-electron chi connectivity index (χ0n) is 12.8. The van der Waals surface area contributed by atoms with E-state index in [4.69, 9.17) is 18.0 Å². The minimum Gasteiger partial charge on any atom is -0.357 e. The second kappa shape index (κ2) is 7.21. The third-order valence-corrected chi connectivity index (χ3v) is 5.39. The molecule has 0 heterocycles. The maximum absolute atomic E-state index is 12.8. The number of hydrogen-bond donors (Lipinski definition) is 0. The zero-order valence-corrected chi connectivity index (χ0v) is 14.4. The van der Waals surface area contributed by atoms with Crippen LogP contribution in [-0.4, -0.2) is 35.7 Å². The van der Waals surface area contributed by atoms with Gasteiger partial charge < -0.3 is 4.90 Å². The summed E-state index contributed by atoms with van der Waals surface area (Å²) >= 11 is 7.34. The van der Waals surface area contributed by atoms with E-state index in [1.54, 1.807) is 0 Å². The Bertz CT molecular complexity index is 613. The van der Waals surface area contributed by atoms with E-state index >= 15 is 0 Å². The van der Waals surface area contributed by atoms with E-state index in [-0.39, 0.29) is 11.2 Å². The average molecular weight is 335 g/mol. The highest BCUT2D eigenvalue weighted by Gasteiger charge is 2.44. The van der Waals surface area contributed by atoms with Gasteiger partial charge in [-0.05, 0) is 30.5 Å². The Morgan fingerprint density at radius 2 is 2.05 bits per heavy atom.